The lowest BCUT2D eigenvalue weighted by atomic mass is 10.3. The quantitative estimate of drug-likeness (QED) is 0.839. The second-order valence-corrected chi connectivity index (χ2v) is 4.69. The Kier molecular flexibility index (Phi) is 4.90. The standard InChI is InChI=1S/C15H14NO3S/c1-18-15(17)16-11-8-9-13(14(10-11)20-2)19-12-6-4-3-5-7-12/h3-10H,1H2,2H3,(H,16,17). The molecule has 1 amide bonds. The van der Waals surface area contributed by atoms with Crippen LogP contribution in [-0.2, 0) is 4.74 Å². The molecule has 2 rings (SSSR count). The zero-order chi connectivity index (χ0) is 14.4. The summed E-state index contributed by atoms with van der Waals surface area (Å²) >= 11 is 1.53. The van der Waals surface area contributed by atoms with E-state index in [-0.39, 0.29) is 0 Å². The van der Waals surface area contributed by atoms with E-state index in [1.54, 1.807) is 12.1 Å². The van der Waals surface area contributed by atoms with Gasteiger partial charge in [0.15, 0.2) is 0 Å². The van der Waals surface area contributed by atoms with Gasteiger partial charge < -0.3 is 9.47 Å². The molecular weight excluding hydrogens is 274 g/mol. The SMILES string of the molecule is [CH2]OC(=O)Nc1ccc(Oc2ccccc2)c(SC)c1. The second kappa shape index (κ2) is 6.86. The number of carbonyl (C=O) groups is 1. The van der Waals surface area contributed by atoms with Crippen LogP contribution in [0.3, 0.4) is 0 Å². The van der Waals surface area contributed by atoms with Gasteiger partial charge in [0.05, 0.1) is 4.90 Å². The molecule has 1 N–H and O–H groups in total. The van der Waals surface area contributed by atoms with Crippen LogP contribution >= 0.6 is 11.8 Å². The number of benzene rings is 2. The van der Waals surface area contributed by atoms with Gasteiger partial charge in [-0.3, -0.25) is 5.32 Å². The fourth-order valence-corrected chi connectivity index (χ4v) is 2.15. The predicted octanol–water partition coefficient (Wildman–Crippen LogP) is 4.54. The van der Waals surface area contributed by atoms with Crippen molar-refractivity contribution < 1.29 is 14.3 Å². The van der Waals surface area contributed by atoms with Gasteiger partial charge in [-0.2, -0.15) is 0 Å². The number of nitrogens with one attached hydrogen (secondary N) is 1. The summed E-state index contributed by atoms with van der Waals surface area (Å²) in [7, 11) is 3.06. The Balaban J connectivity index is 2.20. The van der Waals surface area contributed by atoms with Crippen LogP contribution in [0, 0.1) is 7.11 Å². The summed E-state index contributed by atoms with van der Waals surface area (Å²) in [5.41, 5.74) is 0.628. The summed E-state index contributed by atoms with van der Waals surface area (Å²) in [5, 5.41) is 2.56. The lowest BCUT2D eigenvalue weighted by Crippen LogP contribution is -2.09. The summed E-state index contributed by atoms with van der Waals surface area (Å²) in [4.78, 5) is 12.0. The monoisotopic (exact) mass is 288 g/mol. The van der Waals surface area contributed by atoms with E-state index >= 15 is 0 Å². The highest BCUT2D eigenvalue weighted by molar-refractivity contribution is 7.98. The molecule has 0 heterocycles. The summed E-state index contributed by atoms with van der Waals surface area (Å²) in [5.74, 6) is 1.50. The van der Waals surface area contributed by atoms with Crippen molar-refractivity contribution in [1.29, 1.82) is 0 Å². The van der Waals surface area contributed by atoms with E-state index < -0.39 is 6.09 Å². The van der Waals surface area contributed by atoms with Crippen molar-refractivity contribution in [3.05, 3.63) is 55.6 Å². The van der Waals surface area contributed by atoms with Crippen molar-refractivity contribution in [3.63, 3.8) is 0 Å². The normalized spacial score (nSPS) is 9.90. The van der Waals surface area contributed by atoms with E-state index in [2.05, 4.69) is 17.2 Å². The van der Waals surface area contributed by atoms with Gasteiger partial charge in [-0.15, -0.1) is 11.8 Å². The first-order chi connectivity index (χ1) is 9.72. The zero-order valence-corrected chi connectivity index (χ0v) is 11.8. The minimum atomic E-state index is -0.603. The number of anilines is 1. The van der Waals surface area contributed by atoms with E-state index in [0.717, 1.165) is 16.4 Å². The third kappa shape index (κ3) is 3.68. The van der Waals surface area contributed by atoms with Crippen LogP contribution in [0.5, 0.6) is 11.5 Å². The van der Waals surface area contributed by atoms with E-state index in [9.17, 15) is 4.79 Å². The molecule has 0 spiro atoms. The molecule has 0 aliphatic heterocycles. The maximum atomic E-state index is 11.1. The minimum absolute atomic E-state index is 0.603. The van der Waals surface area contributed by atoms with E-state index in [1.807, 2.05) is 42.7 Å². The van der Waals surface area contributed by atoms with Gasteiger partial charge in [-0.05, 0) is 36.6 Å². The van der Waals surface area contributed by atoms with Crippen molar-refractivity contribution in [2.24, 2.45) is 0 Å². The molecule has 0 fully saturated rings. The summed E-state index contributed by atoms with van der Waals surface area (Å²) in [6.45, 7) is 0. The molecule has 0 atom stereocenters. The summed E-state index contributed by atoms with van der Waals surface area (Å²) in [6.07, 6.45) is 1.34. The highest BCUT2D eigenvalue weighted by Crippen LogP contribution is 2.33. The lowest BCUT2D eigenvalue weighted by molar-refractivity contribution is 0.199. The Morgan fingerprint density at radius 3 is 2.60 bits per heavy atom. The van der Waals surface area contributed by atoms with E-state index in [4.69, 9.17) is 4.74 Å². The van der Waals surface area contributed by atoms with Crippen LogP contribution in [0.15, 0.2) is 53.4 Å². The third-order valence-corrected chi connectivity index (χ3v) is 3.27. The Labute approximate surface area is 122 Å². The average Bonchev–Trinajstić information content (AvgIpc) is 2.49. The van der Waals surface area contributed by atoms with Gasteiger partial charge in [0.1, 0.15) is 18.6 Å². The van der Waals surface area contributed by atoms with Crippen molar-refractivity contribution in [3.8, 4) is 11.5 Å². The molecule has 103 valence electrons. The Morgan fingerprint density at radius 1 is 1.20 bits per heavy atom. The van der Waals surface area contributed by atoms with Gasteiger partial charge in [0.25, 0.3) is 0 Å². The van der Waals surface area contributed by atoms with E-state index in [0.29, 0.717) is 5.69 Å². The van der Waals surface area contributed by atoms with Crippen LogP contribution in [0.2, 0.25) is 0 Å². The maximum Gasteiger partial charge on any atom is 0.411 e. The van der Waals surface area contributed by atoms with Crippen LogP contribution in [0.1, 0.15) is 0 Å². The number of rotatable bonds is 4. The van der Waals surface area contributed by atoms with Gasteiger partial charge in [-0.1, -0.05) is 18.2 Å². The van der Waals surface area contributed by atoms with Crippen LogP contribution in [0.4, 0.5) is 10.5 Å². The first kappa shape index (κ1) is 14.3. The zero-order valence-electron chi connectivity index (χ0n) is 11.0. The Hall–Kier alpha value is -2.14. The smallest absolute Gasteiger partial charge is 0.411 e. The predicted molar refractivity (Wildman–Crippen MR) is 80.2 cm³/mol. The molecule has 0 bridgehead atoms. The lowest BCUT2D eigenvalue weighted by Gasteiger charge is -2.11. The van der Waals surface area contributed by atoms with Crippen molar-refractivity contribution in [2.75, 3.05) is 11.6 Å². The largest absolute Gasteiger partial charge is 0.456 e. The summed E-state index contributed by atoms with van der Waals surface area (Å²) in [6, 6.07) is 14.9. The fourth-order valence-electron chi connectivity index (χ4n) is 1.60. The van der Waals surface area contributed by atoms with Crippen LogP contribution < -0.4 is 10.1 Å². The Morgan fingerprint density at radius 2 is 1.95 bits per heavy atom. The molecule has 0 unspecified atom stereocenters. The van der Waals surface area contributed by atoms with Crippen LogP contribution in [-0.4, -0.2) is 12.3 Å². The average molecular weight is 288 g/mol. The van der Waals surface area contributed by atoms with Crippen molar-refractivity contribution in [2.45, 2.75) is 4.90 Å². The highest BCUT2D eigenvalue weighted by Gasteiger charge is 2.08. The summed E-state index contributed by atoms with van der Waals surface area (Å²) < 4.78 is 10.1. The van der Waals surface area contributed by atoms with Gasteiger partial charge in [0.2, 0.25) is 0 Å². The molecule has 2 aromatic carbocycles. The maximum absolute atomic E-state index is 11.1. The number of para-hydroxylation sites is 1. The number of thioether (sulfide) groups is 1. The number of amides is 1. The minimum Gasteiger partial charge on any atom is -0.456 e. The molecular formula is C15H14NO3S. The first-order valence-corrected chi connectivity index (χ1v) is 7.09. The van der Waals surface area contributed by atoms with Gasteiger partial charge in [-0.25, -0.2) is 4.79 Å². The first-order valence-electron chi connectivity index (χ1n) is 5.87. The number of hydrogen-bond acceptors (Lipinski definition) is 4. The molecule has 2 aromatic rings. The molecule has 1 radical (unpaired) electrons. The number of carbonyl (C=O) groups excluding carboxylic acids is 1. The van der Waals surface area contributed by atoms with Gasteiger partial charge >= 0.3 is 6.09 Å². The number of hydrogen-bond donors (Lipinski definition) is 1. The molecule has 0 aromatic heterocycles. The molecule has 4 nitrogen and oxygen atoms in total. The van der Waals surface area contributed by atoms with Crippen molar-refractivity contribution >= 4 is 23.5 Å². The molecule has 20 heavy (non-hydrogen) atoms. The third-order valence-electron chi connectivity index (χ3n) is 2.51. The van der Waals surface area contributed by atoms with Crippen molar-refractivity contribution in [1.82, 2.24) is 0 Å². The highest BCUT2D eigenvalue weighted by atomic mass is 32.2. The second-order valence-electron chi connectivity index (χ2n) is 3.84. The molecule has 0 saturated carbocycles. The molecule has 0 aliphatic rings. The van der Waals surface area contributed by atoms with E-state index in [1.165, 1.54) is 11.8 Å². The fraction of sp³-hybridized carbons (Fsp3) is 0.0667. The van der Waals surface area contributed by atoms with Gasteiger partial charge in [0, 0.05) is 5.69 Å². The van der Waals surface area contributed by atoms with Crippen LogP contribution in [0.25, 0.3) is 0 Å². The molecule has 0 saturated heterocycles. The molecule has 0 aliphatic carbocycles. The topological polar surface area (TPSA) is 47.6 Å². The number of ether oxygens (including phenoxy) is 2. The Bertz CT molecular complexity index is 587. The molecule has 5 heteroatoms.